The van der Waals surface area contributed by atoms with Gasteiger partial charge in [-0.05, 0) is 57.5 Å². The number of aryl methyl sites for hydroxylation is 1. The topological polar surface area (TPSA) is 28.4 Å². The molecule has 96 valence electrons. The van der Waals surface area contributed by atoms with Crippen LogP contribution in [0.2, 0.25) is 0 Å². The minimum Gasteiger partial charge on any atom is -0.465 e. The predicted octanol–water partition coefficient (Wildman–Crippen LogP) is 2.41. The van der Waals surface area contributed by atoms with E-state index < -0.39 is 0 Å². The van der Waals surface area contributed by atoms with E-state index in [1.807, 2.05) is 13.0 Å². The Morgan fingerprint density at radius 2 is 2.06 bits per heavy atom. The normalized spacial score (nSPS) is 20.6. The number of hydrogen-bond donors (Lipinski definition) is 1. The molecular weight excluding hydrogens is 212 g/mol. The first-order chi connectivity index (χ1) is 8.07. The van der Waals surface area contributed by atoms with E-state index in [4.69, 9.17) is 4.42 Å². The van der Waals surface area contributed by atoms with Gasteiger partial charge in [-0.25, -0.2) is 0 Å². The third kappa shape index (κ3) is 3.58. The summed E-state index contributed by atoms with van der Waals surface area (Å²) in [5.74, 6) is 2.03. The Morgan fingerprint density at radius 3 is 2.65 bits per heavy atom. The molecule has 0 radical (unpaired) electrons. The monoisotopic (exact) mass is 236 g/mol. The molecule has 1 aromatic rings. The number of nitrogens with one attached hydrogen (secondary N) is 1. The lowest BCUT2D eigenvalue weighted by Crippen LogP contribution is -2.41. The zero-order chi connectivity index (χ0) is 12.3. The molecule has 0 aliphatic carbocycles. The van der Waals surface area contributed by atoms with Gasteiger partial charge in [-0.2, -0.15) is 0 Å². The van der Waals surface area contributed by atoms with Crippen molar-refractivity contribution in [2.24, 2.45) is 5.41 Å². The van der Waals surface area contributed by atoms with Crippen LogP contribution in [0, 0.1) is 12.3 Å². The molecule has 1 N–H and O–H groups in total. The molecular formula is C14H24N2O. The van der Waals surface area contributed by atoms with E-state index in [2.05, 4.69) is 30.3 Å². The molecule has 17 heavy (non-hydrogen) atoms. The van der Waals surface area contributed by atoms with Crippen LogP contribution in [0.5, 0.6) is 0 Å². The molecule has 1 aromatic heterocycles. The van der Waals surface area contributed by atoms with E-state index in [1.165, 1.54) is 25.9 Å². The van der Waals surface area contributed by atoms with Crippen LogP contribution in [0.25, 0.3) is 0 Å². The van der Waals surface area contributed by atoms with Crippen molar-refractivity contribution in [3.63, 3.8) is 0 Å². The highest BCUT2D eigenvalue weighted by atomic mass is 16.3. The average Bonchev–Trinajstić information content (AvgIpc) is 2.69. The summed E-state index contributed by atoms with van der Waals surface area (Å²) in [5, 5.41) is 3.53. The van der Waals surface area contributed by atoms with Crippen LogP contribution in [0.3, 0.4) is 0 Å². The zero-order valence-electron chi connectivity index (χ0n) is 11.3. The summed E-state index contributed by atoms with van der Waals surface area (Å²) in [6, 6.07) is 4.08. The molecule has 1 saturated heterocycles. The van der Waals surface area contributed by atoms with Crippen LogP contribution in [0.1, 0.15) is 31.3 Å². The van der Waals surface area contributed by atoms with Gasteiger partial charge in [-0.3, -0.25) is 0 Å². The molecule has 0 saturated carbocycles. The summed E-state index contributed by atoms with van der Waals surface area (Å²) < 4.78 is 5.55. The summed E-state index contributed by atoms with van der Waals surface area (Å²) in [4.78, 5) is 2.41. The third-order valence-electron chi connectivity index (χ3n) is 3.84. The van der Waals surface area contributed by atoms with E-state index in [9.17, 15) is 0 Å². The summed E-state index contributed by atoms with van der Waals surface area (Å²) in [6.07, 6.45) is 2.57. The Hall–Kier alpha value is -0.800. The number of rotatable bonds is 4. The highest BCUT2D eigenvalue weighted by Crippen LogP contribution is 2.29. The Kier molecular flexibility index (Phi) is 3.89. The molecule has 3 nitrogen and oxygen atoms in total. The largest absolute Gasteiger partial charge is 0.465 e. The second-order valence-corrected chi connectivity index (χ2v) is 5.73. The highest BCUT2D eigenvalue weighted by molar-refractivity contribution is 5.05. The molecule has 2 rings (SSSR count). The van der Waals surface area contributed by atoms with Gasteiger partial charge in [0.1, 0.15) is 11.5 Å². The molecule has 0 spiro atoms. The minimum absolute atomic E-state index is 0.453. The maximum absolute atomic E-state index is 5.55. The van der Waals surface area contributed by atoms with Crippen molar-refractivity contribution >= 4 is 0 Å². The van der Waals surface area contributed by atoms with Gasteiger partial charge in [0.05, 0.1) is 6.54 Å². The minimum atomic E-state index is 0.453. The van der Waals surface area contributed by atoms with Gasteiger partial charge >= 0.3 is 0 Å². The fourth-order valence-corrected chi connectivity index (χ4v) is 2.40. The first kappa shape index (κ1) is 12.7. The predicted molar refractivity (Wildman–Crippen MR) is 70.0 cm³/mol. The second-order valence-electron chi connectivity index (χ2n) is 5.73. The molecule has 3 heteroatoms. The van der Waals surface area contributed by atoms with E-state index in [0.717, 1.165) is 24.6 Å². The van der Waals surface area contributed by atoms with Crippen molar-refractivity contribution < 1.29 is 4.42 Å². The average molecular weight is 236 g/mol. The first-order valence-corrected chi connectivity index (χ1v) is 6.52. The maximum Gasteiger partial charge on any atom is 0.117 e. The van der Waals surface area contributed by atoms with Crippen LogP contribution < -0.4 is 5.32 Å². The van der Waals surface area contributed by atoms with Crippen molar-refractivity contribution in [2.45, 2.75) is 33.2 Å². The SMILES string of the molecule is Cc1ccc(CNCC2(C)CCN(C)CC2)o1. The van der Waals surface area contributed by atoms with Crippen LogP contribution in [0.15, 0.2) is 16.5 Å². The second kappa shape index (κ2) is 5.23. The Morgan fingerprint density at radius 1 is 1.35 bits per heavy atom. The van der Waals surface area contributed by atoms with Gasteiger partial charge in [0.25, 0.3) is 0 Å². The summed E-state index contributed by atoms with van der Waals surface area (Å²) in [6.45, 7) is 8.75. The lowest BCUT2D eigenvalue weighted by Gasteiger charge is -2.38. The summed E-state index contributed by atoms with van der Waals surface area (Å²) in [7, 11) is 2.21. The van der Waals surface area contributed by atoms with Crippen molar-refractivity contribution in [1.29, 1.82) is 0 Å². The number of hydrogen-bond acceptors (Lipinski definition) is 3. The number of nitrogens with zero attached hydrogens (tertiary/aromatic N) is 1. The van der Waals surface area contributed by atoms with Crippen molar-refractivity contribution in [3.8, 4) is 0 Å². The van der Waals surface area contributed by atoms with Crippen LogP contribution >= 0.6 is 0 Å². The van der Waals surface area contributed by atoms with E-state index in [1.54, 1.807) is 0 Å². The van der Waals surface area contributed by atoms with E-state index >= 15 is 0 Å². The Balaban J connectivity index is 1.74. The smallest absolute Gasteiger partial charge is 0.117 e. The summed E-state index contributed by atoms with van der Waals surface area (Å²) in [5.41, 5.74) is 0.453. The molecule has 0 amide bonds. The molecule has 1 aliphatic heterocycles. The third-order valence-corrected chi connectivity index (χ3v) is 3.84. The van der Waals surface area contributed by atoms with Gasteiger partial charge in [-0.1, -0.05) is 6.92 Å². The zero-order valence-corrected chi connectivity index (χ0v) is 11.3. The molecule has 1 fully saturated rings. The highest BCUT2D eigenvalue weighted by Gasteiger charge is 2.28. The quantitative estimate of drug-likeness (QED) is 0.870. The van der Waals surface area contributed by atoms with Gasteiger partial charge in [0, 0.05) is 6.54 Å². The summed E-state index contributed by atoms with van der Waals surface area (Å²) >= 11 is 0. The van der Waals surface area contributed by atoms with Crippen LogP contribution in [-0.4, -0.2) is 31.6 Å². The van der Waals surface area contributed by atoms with Crippen molar-refractivity contribution in [3.05, 3.63) is 23.7 Å². The molecule has 0 atom stereocenters. The molecule has 2 heterocycles. The molecule has 0 unspecified atom stereocenters. The fraction of sp³-hybridized carbons (Fsp3) is 0.714. The number of piperidine rings is 1. The van der Waals surface area contributed by atoms with Crippen molar-refractivity contribution in [1.82, 2.24) is 10.2 Å². The van der Waals surface area contributed by atoms with E-state index in [0.29, 0.717) is 5.41 Å². The molecule has 0 bridgehead atoms. The van der Waals surface area contributed by atoms with Gasteiger partial charge in [0.15, 0.2) is 0 Å². The van der Waals surface area contributed by atoms with Gasteiger partial charge in [0.2, 0.25) is 0 Å². The maximum atomic E-state index is 5.55. The van der Waals surface area contributed by atoms with Crippen LogP contribution in [0.4, 0.5) is 0 Å². The lowest BCUT2D eigenvalue weighted by atomic mass is 9.80. The number of likely N-dealkylation sites (tertiary alicyclic amines) is 1. The fourth-order valence-electron chi connectivity index (χ4n) is 2.40. The van der Waals surface area contributed by atoms with E-state index in [-0.39, 0.29) is 0 Å². The van der Waals surface area contributed by atoms with Crippen LogP contribution in [-0.2, 0) is 6.54 Å². The number of furan rings is 1. The molecule has 1 aliphatic rings. The Bertz CT molecular complexity index is 351. The van der Waals surface area contributed by atoms with Gasteiger partial charge < -0.3 is 14.6 Å². The Labute approximate surface area is 104 Å². The standard InChI is InChI=1S/C14H24N2O/c1-12-4-5-13(17-12)10-15-11-14(2)6-8-16(3)9-7-14/h4-5,15H,6-11H2,1-3H3. The lowest BCUT2D eigenvalue weighted by molar-refractivity contribution is 0.136. The van der Waals surface area contributed by atoms with Crippen molar-refractivity contribution in [2.75, 3.05) is 26.7 Å². The first-order valence-electron chi connectivity index (χ1n) is 6.52. The van der Waals surface area contributed by atoms with Gasteiger partial charge in [-0.15, -0.1) is 0 Å². The molecule has 0 aromatic carbocycles.